The molecule has 4 atom stereocenters. The van der Waals surface area contributed by atoms with Crippen LogP contribution in [0.25, 0.3) is 0 Å². The number of Topliss-reactive ketones (excluding diaryl/α,β-unsaturated/α-hetero) is 1. The van der Waals surface area contributed by atoms with Crippen LogP contribution in [0.1, 0.15) is 47.2 Å². The molecule has 0 spiro atoms. The fourth-order valence-electron chi connectivity index (χ4n) is 4.35. The number of pyridine rings is 1. The Morgan fingerprint density at radius 3 is 2.85 bits per heavy atom. The van der Waals surface area contributed by atoms with E-state index in [1.807, 2.05) is 37.3 Å². The van der Waals surface area contributed by atoms with Gasteiger partial charge in [0, 0.05) is 36.5 Å². The molecule has 0 amide bonds. The summed E-state index contributed by atoms with van der Waals surface area (Å²) < 4.78 is 0. The van der Waals surface area contributed by atoms with Crippen LogP contribution in [0.4, 0.5) is 0 Å². The second-order valence-electron chi connectivity index (χ2n) is 7.34. The van der Waals surface area contributed by atoms with Crippen molar-refractivity contribution in [2.24, 2.45) is 5.92 Å². The zero-order chi connectivity index (χ0) is 19.0. The highest BCUT2D eigenvalue weighted by Crippen LogP contribution is 2.42. The van der Waals surface area contributed by atoms with Crippen LogP contribution < -0.4 is 10.6 Å². The largest absolute Gasteiger partial charge is 0.301 e. The number of nitriles is 1. The summed E-state index contributed by atoms with van der Waals surface area (Å²) >= 11 is 6.22. The quantitative estimate of drug-likeness (QED) is 0.782. The molecule has 2 aromatic rings. The lowest BCUT2D eigenvalue weighted by Crippen LogP contribution is -2.59. The zero-order valence-electron chi connectivity index (χ0n) is 15.1. The molecule has 2 N–H and O–H groups in total. The van der Waals surface area contributed by atoms with E-state index in [1.54, 1.807) is 6.07 Å². The van der Waals surface area contributed by atoms with E-state index in [-0.39, 0.29) is 24.0 Å². The van der Waals surface area contributed by atoms with Gasteiger partial charge < -0.3 is 5.32 Å². The molecular weight excluding hydrogens is 360 g/mol. The summed E-state index contributed by atoms with van der Waals surface area (Å²) in [5.41, 5.74) is 3.61. The van der Waals surface area contributed by atoms with E-state index in [0.717, 1.165) is 23.2 Å². The van der Waals surface area contributed by atoms with Gasteiger partial charge in [0.15, 0.2) is 0 Å². The number of benzene rings is 1. The first kappa shape index (κ1) is 18.1. The van der Waals surface area contributed by atoms with Gasteiger partial charge in [0.1, 0.15) is 10.9 Å². The molecule has 138 valence electrons. The maximum Gasteiger partial charge on any atom is 0.140 e. The Morgan fingerprint density at radius 2 is 2.07 bits per heavy atom. The lowest BCUT2D eigenvalue weighted by molar-refractivity contribution is -0.127. The number of carbonyl (C=O) groups excluding carboxylic acids is 1. The van der Waals surface area contributed by atoms with Gasteiger partial charge in [-0.25, -0.2) is 4.98 Å². The third-order valence-corrected chi connectivity index (χ3v) is 5.76. The summed E-state index contributed by atoms with van der Waals surface area (Å²) in [7, 11) is 0. The number of hydrogen-bond donors (Lipinski definition) is 2. The van der Waals surface area contributed by atoms with Crippen molar-refractivity contribution in [1.82, 2.24) is 15.6 Å². The third-order valence-electron chi connectivity index (χ3n) is 5.57. The van der Waals surface area contributed by atoms with Crippen molar-refractivity contribution in [3.63, 3.8) is 0 Å². The van der Waals surface area contributed by atoms with Crippen LogP contribution in [0.3, 0.4) is 0 Å². The highest BCUT2D eigenvalue weighted by Gasteiger charge is 2.42. The minimum atomic E-state index is -0.0635. The summed E-state index contributed by atoms with van der Waals surface area (Å²) in [5, 5.41) is 16.8. The number of rotatable bonds is 2. The Bertz CT molecular complexity index is 902. The van der Waals surface area contributed by atoms with Crippen molar-refractivity contribution in [3.05, 3.63) is 63.9 Å². The van der Waals surface area contributed by atoms with Gasteiger partial charge in [0.05, 0.1) is 17.8 Å². The molecule has 4 rings (SSSR count). The predicted octanol–water partition coefficient (Wildman–Crippen LogP) is 3.24. The second kappa shape index (κ2) is 7.40. The average molecular weight is 381 g/mol. The lowest BCUT2D eigenvalue weighted by Gasteiger charge is -2.45. The number of aromatic nitrogens is 1. The molecule has 2 fully saturated rings. The zero-order valence-corrected chi connectivity index (χ0v) is 15.8. The molecular formula is C21H21ClN4O. The van der Waals surface area contributed by atoms with Crippen LogP contribution in [0, 0.1) is 24.2 Å². The minimum Gasteiger partial charge on any atom is -0.301 e. The van der Waals surface area contributed by atoms with Gasteiger partial charge in [-0.05, 0) is 48.7 Å². The molecule has 2 aliphatic rings. The molecule has 1 aromatic carbocycles. The number of halogens is 1. The molecule has 5 nitrogen and oxygen atoms in total. The van der Waals surface area contributed by atoms with Gasteiger partial charge in [0.25, 0.3) is 0 Å². The summed E-state index contributed by atoms with van der Waals surface area (Å²) in [4.78, 5) is 16.8. The van der Waals surface area contributed by atoms with Crippen molar-refractivity contribution in [2.75, 3.05) is 6.54 Å². The van der Waals surface area contributed by atoms with Gasteiger partial charge in [-0.1, -0.05) is 23.7 Å². The van der Waals surface area contributed by atoms with Gasteiger partial charge in [-0.3, -0.25) is 10.1 Å². The molecule has 2 saturated heterocycles. The van der Waals surface area contributed by atoms with Crippen LogP contribution >= 0.6 is 11.6 Å². The average Bonchev–Trinajstić information content (AvgIpc) is 2.67. The maximum atomic E-state index is 12.5. The molecule has 0 radical (unpaired) electrons. The van der Waals surface area contributed by atoms with E-state index in [4.69, 9.17) is 11.6 Å². The van der Waals surface area contributed by atoms with Crippen molar-refractivity contribution in [2.45, 2.75) is 37.9 Å². The first-order valence-corrected chi connectivity index (χ1v) is 9.59. The Morgan fingerprint density at radius 1 is 1.22 bits per heavy atom. The van der Waals surface area contributed by atoms with Crippen LogP contribution in [0.2, 0.25) is 5.15 Å². The number of carbonyl (C=O) groups is 1. The fraction of sp³-hybridized carbons (Fsp3) is 0.381. The predicted molar refractivity (Wildman–Crippen MR) is 103 cm³/mol. The second-order valence-corrected chi connectivity index (χ2v) is 7.73. The van der Waals surface area contributed by atoms with E-state index >= 15 is 0 Å². The molecule has 0 bridgehead atoms. The number of nitrogens with zero attached hydrogens (tertiary/aromatic N) is 2. The fourth-order valence-corrected chi connectivity index (χ4v) is 4.61. The van der Waals surface area contributed by atoms with Crippen molar-refractivity contribution >= 4 is 17.4 Å². The van der Waals surface area contributed by atoms with Gasteiger partial charge in [0.2, 0.25) is 0 Å². The topological polar surface area (TPSA) is 77.8 Å². The molecule has 0 aliphatic carbocycles. The van der Waals surface area contributed by atoms with Crippen LogP contribution in [0.5, 0.6) is 0 Å². The molecule has 27 heavy (non-hydrogen) atoms. The number of fused-ring (bicyclic) bond motifs is 1. The van der Waals surface area contributed by atoms with Gasteiger partial charge in [-0.15, -0.1) is 0 Å². The van der Waals surface area contributed by atoms with Crippen molar-refractivity contribution in [3.8, 4) is 6.07 Å². The third kappa shape index (κ3) is 3.61. The molecule has 6 heteroatoms. The van der Waals surface area contributed by atoms with Crippen molar-refractivity contribution in [1.29, 1.82) is 5.26 Å². The van der Waals surface area contributed by atoms with Gasteiger partial charge in [-0.2, -0.15) is 5.26 Å². The molecule has 3 heterocycles. The molecule has 1 aromatic heterocycles. The summed E-state index contributed by atoms with van der Waals surface area (Å²) in [6.07, 6.45) is 1.27. The van der Waals surface area contributed by atoms with E-state index in [2.05, 4.69) is 21.7 Å². The van der Waals surface area contributed by atoms with Crippen LogP contribution in [-0.2, 0) is 4.79 Å². The SMILES string of the molecule is Cc1cc(C2CC3C(=O)CCNC3NC2c2cccc(C#N)c2)cc(Cl)n1. The number of hydrogen-bond acceptors (Lipinski definition) is 5. The minimum absolute atomic E-state index is 0.0178. The number of nitrogens with one attached hydrogen (secondary N) is 2. The molecule has 4 unspecified atom stereocenters. The van der Waals surface area contributed by atoms with E-state index in [0.29, 0.717) is 29.5 Å². The highest BCUT2D eigenvalue weighted by atomic mass is 35.5. The van der Waals surface area contributed by atoms with E-state index < -0.39 is 0 Å². The van der Waals surface area contributed by atoms with Crippen molar-refractivity contribution < 1.29 is 4.79 Å². The number of aryl methyl sites for hydroxylation is 1. The lowest BCUT2D eigenvalue weighted by atomic mass is 9.73. The Hall–Kier alpha value is -2.26. The van der Waals surface area contributed by atoms with Gasteiger partial charge >= 0.3 is 0 Å². The Balaban J connectivity index is 1.77. The Labute approximate surface area is 163 Å². The maximum absolute atomic E-state index is 12.5. The standard InChI is InChI=1S/C21H21ClN4O/c1-12-7-15(9-19(22)25-12)16-10-17-18(27)5-6-24-21(17)26-20(16)14-4-2-3-13(8-14)11-23/h2-4,7-9,16-17,20-21,24,26H,5-6,10H2,1H3. The van der Waals surface area contributed by atoms with Crippen LogP contribution in [-0.4, -0.2) is 23.5 Å². The summed E-state index contributed by atoms with van der Waals surface area (Å²) in [5.74, 6) is 0.312. The summed E-state index contributed by atoms with van der Waals surface area (Å²) in [6, 6.07) is 13.8. The molecule has 2 aliphatic heterocycles. The first-order chi connectivity index (χ1) is 13.0. The van der Waals surface area contributed by atoms with E-state index in [9.17, 15) is 10.1 Å². The monoisotopic (exact) mass is 380 g/mol. The van der Waals surface area contributed by atoms with Crippen LogP contribution in [0.15, 0.2) is 36.4 Å². The van der Waals surface area contributed by atoms with E-state index in [1.165, 1.54) is 0 Å². The Kier molecular flexibility index (Phi) is 4.96. The normalized spacial score (nSPS) is 27.7. The molecule has 0 saturated carbocycles. The number of ketones is 1. The summed E-state index contributed by atoms with van der Waals surface area (Å²) in [6.45, 7) is 2.62. The number of piperidine rings is 2. The highest BCUT2D eigenvalue weighted by molar-refractivity contribution is 6.29. The first-order valence-electron chi connectivity index (χ1n) is 9.21. The smallest absolute Gasteiger partial charge is 0.140 e.